The standard InChI is InChI=1S/C13H12FNO2/c1-8-2-4-10-6-9(3-5-12(10)15-8)7-11(14)13(16)17/h2-6,11H,7H2,1H3,(H,16,17). The Hall–Kier alpha value is -1.97. The lowest BCUT2D eigenvalue weighted by atomic mass is 10.1. The van der Waals surface area contributed by atoms with E-state index < -0.39 is 12.1 Å². The number of hydrogen-bond acceptors (Lipinski definition) is 2. The van der Waals surface area contributed by atoms with Gasteiger partial charge < -0.3 is 5.11 Å². The maximum absolute atomic E-state index is 13.1. The van der Waals surface area contributed by atoms with Crippen molar-refractivity contribution in [2.75, 3.05) is 0 Å². The van der Waals surface area contributed by atoms with Gasteiger partial charge in [0, 0.05) is 17.5 Å². The second-order valence-corrected chi connectivity index (χ2v) is 3.99. The minimum atomic E-state index is -1.86. The number of fused-ring (bicyclic) bond motifs is 1. The van der Waals surface area contributed by atoms with E-state index in [2.05, 4.69) is 4.98 Å². The highest BCUT2D eigenvalue weighted by Crippen LogP contribution is 2.16. The molecule has 0 aliphatic heterocycles. The summed E-state index contributed by atoms with van der Waals surface area (Å²) >= 11 is 0. The van der Waals surface area contributed by atoms with Crippen molar-refractivity contribution >= 4 is 16.9 Å². The van der Waals surface area contributed by atoms with Crippen molar-refractivity contribution < 1.29 is 14.3 Å². The van der Waals surface area contributed by atoms with Gasteiger partial charge in [0.15, 0.2) is 0 Å². The summed E-state index contributed by atoms with van der Waals surface area (Å²) in [5.41, 5.74) is 2.41. The molecule has 1 unspecified atom stereocenters. The highest BCUT2D eigenvalue weighted by molar-refractivity contribution is 5.80. The van der Waals surface area contributed by atoms with Gasteiger partial charge in [-0.15, -0.1) is 0 Å². The van der Waals surface area contributed by atoms with E-state index in [1.54, 1.807) is 18.2 Å². The molecule has 4 heteroatoms. The smallest absolute Gasteiger partial charge is 0.338 e. The first kappa shape index (κ1) is 11.5. The first-order chi connectivity index (χ1) is 8.06. The number of halogens is 1. The van der Waals surface area contributed by atoms with Crippen LogP contribution in [-0.2, 0) is 11.2 Å². The Morgan fingerprint density at radius 2 is 2.18 bits per heavy atom. The van der Waals surface area contributed by atoms with Crippen molar-refractivity contribution in [3.63, 3.8) is 0 Å². The molecule has 2 rings (SSSR count). The highest BCUT2D eigenvalue weighted by Gasteiger charge is 2.16. The van der Waals surface area contributed by atoms with Crippen molar-refractivity contribution in [3.05, 3.63) is 41.6 Å². The summed E-state index contributed by atoms with van der Waals surface area (Å²) in [6, 6.07) is 9.04. The number of carboxylic acid groups (broad SMARTS) is 1. The molecule has 1 aromatic heterocycles. The summed E-state index contributed by atoms with van der Waals surface area (Å²) in [6.07, 6.45) is -1.97. The number of alkyl halides is 1. The summed E-state index contributed by atoms with van der Waals surface area (Å²) in [5.74, 6) is -1.42. The van der Waals surface area contributed by atoms with Crippen LogP contribution in [-0.4, -0.2) is 22.2 Å². The maximum Gasteiger partial charge on any atom is 0.338 e. The SMILES string of the molecule is Cc1ccc2cc(CC(F)C(=O)O)ccc2n1. The van der Waals surface area contributed by atoms with Crippen molar-refractivity contribution in [1.82, 2.24) is 4.98 Å². The van der Waals surface area contributed by atoms with Gasteiger partial charge in [-0.2, -0.15) is 0 Å². The van der Waals surface area contributed by atoms with Crippen LogP contribution in [0.3, 0.4) is 0 Å². The third-order valence-corrected chi connectivity index (χ3v) is 2.58. The third kappa shape index (κ3) is 2.58. The molecular weight excluding hydrogens is 221 g/mol. The first-order valence-corrected chi connectivity index (χ1v) is 5.29. The number of carbonyl (C=O) groups is 1. The second kappa shape index (κ2) is 4.49. The molecule has 88 valence electrons. The van der Waals surface area contributed by atoms with Gasteiger partial charge in [0.05, 0.1) is 5.52 Å². The van der Waals surface area contributed by atoms with Gasteiger partial charge >= 0.3 is 5.97 Å². The molecule has 0 radical (unpaired) electrons. The monoisotopic (exact) mass is 233 g/mol. The van der Waals surface area contributed by atoms with Crippen molar-refractivity contribution in [3.8, 4) is 0 Å². The molecule has 0 saturated heterocycles. The van der Waals surface area contributed by atoms with Gasteiger partial charge in [0.1, 0.15) is 0 Å². The molecule has 3 nitrogen and oxygen atoms in total. The fraction of sp³-hybridized carbons (Fsp3) is 0.231. The minimum absolute atomic E-state index is 0.112. The zero-order valence-corrected chi connectivity index (χ0v) is 9.35. The van der Waals surface area contributed by atoms with Gasteiger partial charge in [-0.1, -0.05) is 12.1 Å². The number of hydrogen-bond donors (Lipinski definition) is 1. The Balaban J connectivity index is 2.32. The predicted octanol–water partition coefficient (Wildman–Crippen LogP) is 2.51. The Kier molecular flexibility index (Phi) is 3.04. The second-order valence-electron chi connectivity index (χ2n) is 3.99. The fourth-order valence-corrected chi connectivity index (χ4v) is 1.70. The molecule has 1 heterocycles. The zero-order chi connectivity index (χ0) is 12.4. The lowest BCUT2D eigenvalue weighted by Crippen LogP contribution is -2.17. The molecule has 17 heavy (non-hydrogen) atoms. The summed E-state index contributed by atoms with van der Waals surface area (Å²) < 4.78 is 13.1. The van der Waals surface area contributed by atoms with Crippen LogP contribution >= 0.6 is 0 Å². The number of aromatic nitrogens is 1. The number of carboxylic acids is 1. The van der Waals surface area contributed by atoms with Crippen molar-refractivity contribution in [1.29, 1.82) is 0 Å². The Morgan fingerprint density at radius 1 is 1.41 bits per heavy atom. The van der Waals surface area contributed by atoms with E-state index in [9.17, 15) is 9.18 Å². The normalized spacial score (nSPS) is 12.6. The van der Waals surface area contributed by atoms with E-state index in [1.807, 2.05) is 19.1 Å². The van der Waals surface area contributed by atoms with E-state index in [0.717, 1.165) is 16.6 Å². The Morgan fingerprint density at radius 3 is 2.88 bits per heavy atom. The minimum Gasteiger partial charge on any atom is -0.479 e. The predicted molar refractivity (Wildman–Crippen MR) is 62.7 cm³/mol. The topological polar surface area (TPSA) is 50.2 Å². The third-order valence-electron chi connectivity index (χ3n) is 2.58. The quantitative estimate of drug-likeness (QED) is 0.886. The van der Waals surface area contributed by atoms with Crippen LogP contribution in [0.15, 0.2) is 30.3 Å². The van der Waals surface area contributed by atoms with Crippen LogP contribution in [0.2, 0.25) is 0 Å². The average molecular weight is 233 g/mol. The number of aliphatic carboxylic acids is 1. The number of nitrogens with zero attached hydrogens (tertiary/aromatic N) is 1. The van der Waals surface area contributed by atoms with Crippen LogP contribution in [0.4, 0.5) is 4.39 Å². The maximum atomic E-state index is 13.1. The van der Waals surface area contributed by atoms with Crippen molar-refractivity contribution in [2.45, 2.75) is 19.5 Å². The molecule has 0 spiro atoms. The first-order valence-electron chi connectivity index (χ1n) is 5.29. The lowest BCUT2D eigenvalue weighted by Gasteiger charge is -2.05. The summed E-state index contributed by atoms with van der Waals surface area (Å²) in [7, 11) is 0. The van der Waals surface area contributed by atoms with E-state index in [4.69, 9.17) is 5.11 Å². The van der Waals surface area contributed by atoms with Crippen LogP contribution in [0, 0.1) is 6.92 Å². The molecule has 1 N–H and O–H groups in total. The van der Waals surface area contributed by atoms with Crippen LogP contribution in [0.5, 0.6) is 0 Å². The fourth-order valence-electron chi connectivity index (χ4n) is 1.70. The zero-order valence-electron chi connectivity index (χ0n) is 9.35. The number of rotatable bonds is 3. The summed E-state index contributed by atoms with van der Waals surface area (Å²) in [5, 5.41) is 9.40. The van der Waals surface area contributed by atoms with E-state index >= 15 is 0 Å². The number of pyridine rings is 1. The van der Waals surface area contributed by atoms with Crippen LogP contribution in [0.1, 0.15) is 11.3 Å². The van der Waals surface area contributed by atoms with E-state index in [0.29, 0.717) is 5.56 Å². The van der Waals surface area contributed by atoms with Crippen LogP contribution < -0.4 is 0 Å². The van der Waals surface area contributed by atoms with Gasteiger partial charge in [0.25, 0.3) is 0 Å². The highest BCUT2D eigenvalue weighted by atomic mass is 19.1. The van der Waals surface area contributed by atoms with E-state index in [-0.39, 0.29) is 6.42 Å². The van der Waals surface area contributed by atoms with Gasteiger partial charge in [-0.3, -0.25) is 4.98 Å². The summed E-state index contributed by atoms with van der Waals surface area (Å²) in [6.45, 7) is 1.90. The van der Waals surface area contributed by atoms with Crippen molar-refractivity contribution in [2.24, 2.45) is 0 Å². The molecule has 0 aliphatic carbocycles. The number of benzene rings is 1. The molecule has 0 amide bonds. The molecule has 1 atom stereocenters. The van der Waals surface area contributed by atoms with Gasteiger partial charge in [0.2, 0.25) is 6.17 Å². The average Bonchev–Trinajstić information content (AvgIpc) is 2.29. The molecule has 0 saturated carbocycles. The molecular formula is C13H12FNO2. The lowest BCUT2D eigenvalue weighted by molar-refractivity contribution is -0.142. The molecule has 2 aromatic rings. The van der Waals surface area contributed by atoms with E-state index in [1.165, 1.54) is 0 Å². The summed E-state index contributed by atoms with van der Waals surface area (Å²) in [4.78, 5) is 14.7. The Bertz CT molecular complexity index is 568. The van der Waals surface area contributed by atoms with Gasteiger partial charge in [-0.25, -0.2) is 9.18 Å². The largest absolute Gasteiger partial charge is 0.479 e. The van der Waals surface area contributed by atoms with Crippen LogP contribution in [0.25, 0.3) is 10.9 Å². The molecule has 1 aromatic carbocycles. The molecule has 0 fully saturated rings. The molecule has 0 bridgehead atoms. The Labute approximate surface area is 97.9 Å². The van der Waals surface area contributed by atoms with Gasteiger partial charge in [-0.05, 0) is 30.7 Å². The molecule has 0 aliphatic rings. The number of aryl methyl sites for hydroxylation is 1.